The largest absolute Gasteiger partial charge is 0.341 e. The van der Waals surface area contributed by atoms with Gasteiger partial charge >= 0.3 is 0 Å². The predicted octanol–water partition coefficient (Wildman–Crippen LogP) is 2.87. The summed E-state index contributed by atoms with van der Waals surface area (Å²) in [5, 5.41) is 0. The fraction of sp³-hybridized carbons (Fsp3) is 0.421. The standard InChI is InChI=1S/C19H22N4O/c1-14-6-5-9-22(11-14)19-20-10-16-17(21-19)13-23(18(16)24)12-15-7-3-2-4-8-15/h2-4,7-8,10,14H,5-6,9,11-13H2,1H3/t14-/m0/s1. The van der Waals surface area contributed by atoms with Crippen molar-refractivity contribution >= 4 is 11.9 Å². The number of amides is 1. The molecule has 0 unspecified atom stereocenters. The monoisotopic (exact) mass is 322 g/mol. The predicted molar refractivity (Wildman–Crippen MR) is 92.7 cm³/mol. The van der Waals surface area contributed by atoms with E-state index < -0.39 is 0 Å². The Hall–Kier alpha value is -2.43. The van der Waals surface area contributed by atoms with Crippen molar-refractivity contribution in [1.29, 1.82) is 0 Å². The molecule has 24 heavy (non-hydrogen) atoms. The number of hydrogen-bond acceptors (Lipinski definition) is 4. The van der Waals surface area contributed by atoms with E-state index in [2.05, 4.69) is 16.8 Å². The molecular formula is C19H22N4O. The Morgan fingerprint density at radius 2 is 2.08 bits per heavy atom. The van der Waals surface area contributed by atoms with Gasteiger partial charge in [-0.1, -0.05) is 37.3 Å². The molecule has 2 aliphatic heterocycles. The molecule has 124 valence electrons. The highest BCUT2D eigenvalue weighted by Gasteiger charge is 2.30. The van der Waals surface area contributed by atoms with Crippen molar-refractivity contribution in [2.45, 2.75) is 32.9 Å². The number of nitrogens with zero attached hydrogens (tertiary/aromatic N) is 4. The number of benzene rings is 1. The van der Waals surface area contributed by atoms with Crippen molar-refractivity contribution in [2.24, 2.45) is 5.92 Å². The zero-order valence-corrected chi connectivity index (χ0v) is 14.0. The summed E-state index contributed by atoms with van der Waals surface area (Å²) in [4.78, 5) is 25.8. The van der Waals surface area contributed by atoms with Crippen LogP contribution in [0.25, 0.3) is 0 Å². The van der Waals surface area contributed by atoms with E-state index in [1.165, 1.54) is 12.8 Å². The minimum Gasteiger partial charge on any atom is -0.341 e. The summed E-state index contributed by atoms with van der Waals surface area (Å²) in [7, 11) is 0. The third-order valence-corrected chi connectivity index (χ3v) is 4.87. The summed E-state index contributed by atoms with van der Waals surface area (Å²) < 4.78 is 0. The van der Waals surface area contributed by atoms with Crippen molar-refractivity contribution < 1.29 is 4.79 Å². The Labute approximate surface area is 142 Å². The van der Waals surface area contributed by atoms with Crippen LogP contribution in [0.3, 0.4) is 0 Å². The van der Waals surface area contributed by atoms with Crippen molar-refractivity contribution in [1.82, 2.24) is 14.9 Å². The van der Waals surface area contributed by atoms with E-state index in [4.69, 9.17) is 4.98 Å². The lowest BCUT2D eigenvalue weighted by Crippen LogP contribution is -2.35. The van der Waals surface area contributed by atoms with Gasteiger partial charge in [-0.3, -0.25) is 4.79 Å². The lowest BCUT2D eigenvalue weighted by molar-refractivity contribution is 0.0766. The van der Waals surface area contributed by atoms with Crippen LogP contribution in [0.15, 0.2) is 36.5 Å². The highest BCUT2D eigenvalue weighted by molar-refractivity contribution is 5.97. The first-order chi connectivity index (χ1) is 11.7. The van der Waals surface area contributed by atoms with Gasteiger partial charge in [-0.2, -0.15) is 0 Å². The molecule has 0 radical (unpaired) electrons. The Kier molecular flexibility index (Phi) is 3.92. The zero-order chi connectivity index (χ0) is 16.5. The van der Waals surface area contributed by atoms with Gasteiger partial charge in [0, 0.05) is 25.8 Å². The molecule has 1 fully saturated rings. The second kappa shape index (κ2) is 6.23. The van der Waals surface area contributed by atoms with Crippen LogP contribution in [-0.4, -0.2) is 33.9 Å². The van der Waals surface area contributed by atoms with E-state index in [1.807, 2.05) is 35.2 Å². The SMILES string of the molecule is C[C@H]1CCCN(c2ncc3c(n2)CN(Cc2ccccc2)C3=O)C1. The molecule has 0 N–H and O–H groups in total. The van der Waals surface area contributed by atoms with Crippen LogP contribution >= 0.6 is 0 Å². The lowest BCUT2D eigenvalue weighted by Gasteiger charge is -2.30. The van der Waals surface area contributed by atoms with Gasteiger partial charge in [0.05, 0.1) is 17.8 Å². The smallest absolute Gasteiger partial charge is 0.258 e. The number of rotatable bonds is 3. The molecule has 0 saturated carbocycles. The summed E-state index contributed by atoms with van der Waals surface area (Å²) in [6, 6.07) is 10.1. The molecular weight excluding hydrogens is 300 g/mol. The number of anilines is 1. The van der Waals surface area contributed by atoms with Crippen molar-refractivity contribution in [3.8, 4) is 0 Å². The molecule has 5 nitrogen and oxygen atoms in total. The maximum absolute atomic E-state index is 12.6. The van der Waals surface area contributed by atoms with Crippen LogP contribution in [0.4, 0.5) is 5.95 Å². The zero-order valence-electron chi connectivity index (χ0n) is 14.0. The first-order valence-corrected chi connectivity index (χ1v) is 8.65. The molecule has 1 atom stereocenters. The third kappa shape index (κ3) is 2.86. The Balaban J connectivity index is 1.53. The van der Waals surface area contributed by atoms with E-state index in [1.54, 1.807) is 6.20 Å². The molecule has 1 saturated heterocycles. The van der Waals surface area contributed by atoms with Gasteiger partial charge in [0.25, 0.3) is 5.91 Å². The number of carbonyl (C=O) groups is 1. The Bertz CT molecular complexity index is 746. The second-order valence-electron chi connectivity index (χ2n) is 6.87. The summed E-state index contributed by atoms with van der Waals surface area (Å²) in [6.07, 6.45) is 4.16. The minimum absolute atomic E-state index is 0.0346. The number of aromatic nitrogens is 2. The van der Waals surface area contributed by atoms with Crippen LogP contribution in [0, 0.1) is 5.92 Å². The van der Waals surface area contributed by atoms with Gasteiger partial charge in [0.15, 0.2) is 0 Å². The molecule has 1 aromatic carbocycles. The van der Waals surface area contributed by atoms with Crippen LogP contribution in [0.5, 0.6) is 0 Å². The van der Waals surface area contributed by atoms with Gasteiger partial charge in [0.1, 0.15) is 0 Å². The molecule has 1 amide bonds. The van der Waals surface area contributed by atoms with Crippen molar-refractivity contribution in [3.05, 3.63) is 53.3 Å². The Morgan fingerprint density at radius 1 is 1.25 bits per heavy atom. The van der Waals surface area contributed by atoms with E-state index in [9.17, 15) is 4.79 Å². The second-order valence-corrected chi connectivity index (χ2v) is 6.87. The number of carbonyl (C=O) groups excluding carboxylic acids is 1. The maximum atomic E-state index is 12.6. The van der Waals surface area contributed by atoms with Gasteiger partial charge in [-0.15, -0.1) is 0 Å². The van der Waals surface area contributed by atoms with E-state index in [-0.39, 0.29) is 5.91 Å². The molecule has 2 aliphatic rings. The van der Waals surface area contributed by atoms with Crippen LogP contribution in [0.2, 0.25) is 0 Å². The fourth-order valence-corrected chi connectivity index (χ4v) is 3.58. The first kappa shape index (κ1) is 15.1. The molecule has 5 heteroatoms. The first-order valence-electron chi connectivity index (χ1n) is 8.65. The highest BCUT2D eigenvalue weighted by Crippen LogP contribution is 2.26. The van der Waals surface area contributed by atoms with Crippen LogP contribution in [-0.2, 0) is 13.1 Å². The quantitative estimate of drug-likeness (QED) is 0.872. The Morgan fingerprint density at radius 3 is 2.88 bits per heavy atom. The molecule has 4 rings (SSSR count). The third-order valence-electron chi connectivity index (χ3n) is 4.87. The maximum Gasteiger partial charge on any atom is 0.258 e. The molecule has 1 aromatic heterocycles. The highest BCUT2D eigenvalue weighted by atomic mass is 16.2. The fourth-order valence-electron chi connectivity index (χ4n) is 3.58. The van der Waals surface area contributed by atoms with Crippen molar-refractivity contribution in [3.63, 3.8) is 0 Å². The van der Waals surface area contributed by atoms with Crippen molar-refractivity contribution in [2.75, 3.05) is 18.0 Å². The molecule has 2 aromatic rings. The lowest BCUT2D eigenvalue weighted by atomic mass is 10.0. The summed E-state index contributed by atoms with van der Waals surface area (Å²) in [6.45, 7) is 5.46. The molecule has 0 spiro atoms. The van der Waals surface area contributed by atoms with Gasteiger partial charge < -0.3 is 9.80 Å². The summed E-state index contributed by atoms with van der Waals surface area (Å²) in [5.41, 5.74) is 2.65. The molecule has 0 aliphatic carbocycles. The summed E-state index contributed by atoms with van der Waals surface area (Å²) >= 11 is 0. The van der Waals surface area contributed by atoms with Gasteiger partial charge in [0.2, 0.25) is 5.95 Å². The average Bonchev–Trinajstić information content (AvgIpc) is 2.91. The molecule has 3 heterocycles. The van der Waals surface area contributed by atoms with Crippen LogP contribution in [0.1, 0.15) is 41.4 Å². The normalized spacial score (nSPS) is 20.4. The van der Waals surface area contributed by atoms with Gasteiger partial charge in [-0.05, 0) is 24.3 Å². The average molecular weight is 322 g/mol. The summed E-state index contributed by atoms with van der Waals surface area (Å²) in [5.74, 6) is 1.48. The van der Waals surface area contributed by atoms with Crippen LogP contribution < -0.4 is 4.90 Å². The van der Waals surface area contributed by atoms with E-state index in [0.717, 1.165) is 30.3 Å². The molecule has 0 bridgehead atoms. The number of hydrogen-bond donors (Lipinski definition) is 0. The minimum atomic E-state index is 0.0346. The number of piperidine rings is 1. The van der Waals surface area contributed by atoms with E-state index >= 15 is 0 Å². The van der Waals surface area contributed by atoms with Gasteiger partial charge in [-0.25, -0.2) is 9.97 Å². The van der Waals surface area contributed by atoms with E-state index in [0.29, 0.717) is 24.6 Å². The topological polar surface area (TPSA) is 49.3 Å². The number of fused-ring (bicyclic) bond motifs is 1.